The molecule has 5 nitrogen and oxygen atoms in total. The maximum atomic E-state index is 12.9. The first kappa shape index (κ1) is 16.2. The number of hydrogen-bond acceptors (Lipinski definition) is 4. The highest BCUT2D eigenvalue weighted by molar-refractivity contribution is 5.84. The molecule has 26 heavy (non-hydrogen) atoms. The van der Waals surface area contributed by atoms with E-state index in [0.29, 0.717) is 11.2 Å². The van der Waals surface area contributed by atoms with Crippen molar-refractivity contribution in [1.29, 1.82) is 0 Å². The van der Waals surface area contributed by atoms with E-state index in [2.05, 4.69) is 20.1 Å². The Morgan fingerprint density at radius 3 is 2.58 bits per heavy atom. The topological polar surface area (TPSA) is 56.5 Å². The minimum absolute atomic E-state index is 0.0994. The predicted molar refractivity (Wildman–Crippen MR) is 89.6 cm³/mol. The summed E-state index contributed by atoms with van der Waals surface area (Å²) in [6.45, 7) is 1.84. The monoisotopic (exact) mass is 355 g/mol. The van der Waals surface area contributed by atoms with Crippen LogP contribution in [-0.4, -0.2) is 24.7 Å². The number of hydrogen-bond donors (Lipinski definition) is 0. The molecule has 0 aliphatic heterocycles. The van der Waals surface area contributed by atoms with Gasteiger partial charge in [-0.1, -0.05) is 18.2 Å². The summed E-state index contributed by atoms with van der Waals surface area (Å²) in [6.07, 6.45) is 0.362. The number of aromatic nitrogens is 5. The Morgan fingerprint density at radius 2 is 1.81 bits per heavy atom. The average molecular weight is 355 g/mol. The summed E-state index contributed by atoms with van der Waals surface area (Å²) in [5, 5.41) is 4.98. The van der Waals surface area contributed by atoms with Gasteiger partial charge >= 0.3 is 6.18 Å². The number of alkyl halides is 3. The number of benzene rings is 1. The summed E-state index contributed by atoms with van der Waals surface area (Å²) < 4.78 is 40.2. The van der Waals surface area contributed by atoms with E-state index in [1.807, 2.05) is 25.1 Å². The number of pyridine rings is 1. The van der Waals surface area contributed by atoms with Gasteiger partial charge in [0.1, 0.15) is 5.69 Å². The van der Waals surface area contributed by atoms with Crippen LogP contribution < -0.4 is 0 Å². The molecule has 4 aromatic rings. The summed E-state index contributed by atoms with van der Waals surface area (Å²) in [6, 6.07) is 9.26. The minimum Gasteiger partial charge on any atom is -0.261 e. The van der Waals surface area contributed by atoms with Crippen LogP contribution in [0.25, 0.3) is 28.0 Å². The van der Waals surface area contributed by atoms with Crippen molar-refractivity contribution in [1.82, 2.24) is 24.7 Å². The van der Waals surface area contributed by atoms with E-state index in [0.717, 1.165) is 22.7 Å². The highest BCUT2D eigenvalue weighted by atomic mass is 19.4. The Hall–Kier alpha value is -3.29. The lowest BCUT2D eigenvalue weighted by Crippen LogP contribution is -2.10. The molecule has 0 spiro atoms. The molecule has 0 saturated heterocycles. The van der Waals surface area contributed by atoms with Crippen LogP contribution in [0.1, 0.15) is 11.4 Å². The molecule has 0 aliphatic rings. The highest BCUT2D eigenvalue weighted by Gasteiger charge is 2.32. The first-order valence-corrected chi connectivity index (χ1v) is 7.73. The van der Waals surface area contributed by atoms with Gasteiger partial charge in [-0.2, -0.15) is 18.3 Å². The molecule has 130 valence electrons. The van der Waals surface area contributed by atoms with Crippen molar-refractivity contribution in [2.75, 3.05) is 0 Å². The third kappa shape index (κ3) is 2.90. The zero-order valence-electron chi connectivity index (χ0n) is 13.6. The zero-order valence-corrected chi connectivity index (χ0v) is 13.6. The molecule has 8 heteroatoms. The summed E-state index contributed by atoms with van der Waals surface area (Å²) in [4.78, 5) is 12.3. The Labute approximate surface area is 146 Å². The Balaban J connectivity index is 1.86. The van der Waals surface area contributed by atoms with E-state index in [9.17, 15) is 13.2 Å². The van der Waals surface area contributed by atoms with Crippen molar-refractivity contribution in [3.05, 3.63) is 66.4 Å². The normalized spacial score (nSPS) is 11.8. The van der Waals surface area contributed by atoms with E-state index in [4.69, 9.17) is 0 Å². The summed E-state index contributed by atoms with van der Waals surface area (Å²) in [5.74, 6) is 0.0994. The lowest BCUT2D eigenvalue weighted by atomic mass is 10.1. The molecule has 0 atom stereocenters. The quantitative estimate of drug-likeness (QED) is 0.541. The first-order chi connectivity index (χ1) is 12.4. The summed E-state index contributed by atoms with van der Waals surface area (Å²) >= 11 is 0. The van der Waals surface area contributed by atoms with Crippen LogP contribution in [0.2, 0.25) is 0 Å². The first-order valence-electron chi connectivity index (χ1n) is 7.73. The van der Waals surface area contributed by atoms with Crippen LogP contribution >= 0.6 is 0 Å². The number of rotatable bonds is 2. The molecule has 0 radical (unpaired) electrons. The summed E-state index contributed by atoms with van der Waals surface area (Å²) in [5.41, 5.74) is 1.92. The molecule has 0 aliphatic carbocycles. The number of fused-ring (bicyclic) bond motifs is 1. The van der Waals surface area contributed by atoms with Gasteiger partial charge in [-0.3, -0.25) is 4.98 Å². The SMILES string of the molecule is Cc1cncc(-c2ccc3cnn(-c4cccc(C(F)(F)F)n4)c3c2)n1. The van der Waals surface area contributed by atoms with Gasteiger partial charge in [0, 0.05) is 17.1 Å². The van der Waals surface area contributed by atoms with Gasteiger partial charge in [0.05, 0.1) is 29.3 Å². The van der Waals surface area contributed by atoms with E-state index < -0.39 is 11.9 Å². The molecule has 0 amide bonds. The van der Waals surface area contributed by atoms with Crippen LogP contribution in [0.15, 0.2) is 55.0 Å². The second-order valence-electron chi connectivity index (χ2n) is 5.75. The minimum atomic E-state index is -4.51. The molecule has 0 bridgehead atoms. The van der Waals surface area contributed by atoms with Gasteiger partial charge in [0.2, 0.25) is 0 Å². The highest BCUT2D eigenvalue weighted by Crippen LogP contribution is 2.29. The van der Waals surface area contributed by atoms with Crippen LogP contribution in [0.3, 0.4) is 0 Å². The van der Waals surface area contributed by atoms with Crippen molar-refractivity contribution in [2.45, 2.75) is 13.1 Å². The average Bonchev–Trinajstić information content (AvgIpc) is 3.04. The van der Waals surface area contributed by atoms with Crippen LogP contribution in [0.5, 0.6) is 0 Å². The van der Waals surface area contributed by atoms with Crippen molar-refractivity contribution in [3.8, 4) is 17.1 Å². The molecule has 3 aromatic heterocycles. The Bertz CT molecular complexity index is 1100. The molecule has 0 fully saturated rings. The lowest BCUT2D eigenvalue weighted by molar-refractivity contribution is -0.141. The zero-order chi connectivity index (χ0) is 18.3. The maximum Gasteiger partial charge on any atom is 0.433 e. The van der Waals surface area contributed by atoms with Crippen LogP contribution in [0, 0.1) is 6.92 Å². The van der Waals surface area contributed by atoms with Crippen molar-refractivity contribution < 1.29 is 13.2 Å². The van der Waals surface area contributed by atoms with Crippen LogP contribution in [0.4, 0.5) is 13.2 Å². The van der Waals surface area contributed by atoms with Gasteiger partial charge in [-0.15, -0.1) is 0 Å². The Morgan fingerprint density at radius 1 is 0.962 bits per heavy atom. The molecule has 3 heterocycles. The number of aryl methyl sites for hydroxylation is 1. The molecule has 0 saturated carbocycles. The van der Waals surface area contributed by atoms with E-state index in [1.165, 1.54) is 16.8 Å². The van der Waals surface area contributed by atoms with Crippen molar-refractivity contribution in [3.63, 3.8) is 0 Å². The number of halogens is 3. The summed E-state index contributed by atoms with van der Waals surface area (Å²) in [7, 11) is 0. The molecule has 1 aromatic carbocycles. The van der Waals surface area contributed by atoms with Crippen molar-refractivity contribution in [2.24, 2.45) is 0 Å². The number of nitrogens with zero attached hydrogens (tertiary/aromatic N) is 5. The molecular formula is C18H12F3N5. The second-order valence-corrected chi connectivity index (χ2v) is 5.75. The fraction of sp³-hybridized carbons (Fsp3) is 0.111. The fourth-order valence-electron chi connectivity index (χ4n) is 2.66. The Kier molecular flexibility index (Phi) is 3.68. The van der Waals surface area contributed by atoms with E-state index in [1.54, 1.807) is 18.6 Å². The van der Waals surface area contributed by atoms with Crippen molar-refractivity contribution >= 4 is 10.9 Å². The predicted octanol–water partition coefficient (Wildman–Crippen LogP) is 4.20. The molecular weight excluding hydrogens is 343 g/mol. The molecule has 4 rings (SSSR count). The smallest absolute Gasteiger partial charge is 0.261 e. The van der Waals surface area contributed by atoms with Gasteiger partial charge in [-0.05, 0) is 25.1 Å². The van der Waals surface area contributed by atoms with Crippen LogP contribution in [-0.2, 0) is 6.18 Å². The second kappa shape index (κ2) is 5.91. The van der Waals surface area contributed by atoms with Gasteiger partial charge < -0.3 is 0 Å². The van der Waals surface area contributed by atoms with E-state index >= 15 is 0 Å². The molecule has 0 N–H and O–H groups in total. The third-order valence-corrected chi connectivity index (χ3v) is 3.86. The van der Waals surface area contributed by atoms with Gasteiger partial charge in [0.25, 0.3) is 0 Å². The lowest BCUT2D eigenvalue weighted by Gasteiger charge is -2.09. The van der Waals surface area contributed by atoms with E-state index in [-0.39, 0.29) is 5.82 Å². The fourth-order valence-corrected chi connectivity index (χ4v) is 2.66. The third-order valence-electron chi connectivity index (χ3n) is 3.86. The maximum absolute atomic E-state index is 12.9. The largest absolute Gasteiger partial charge is 0.433 e. The van der Waals surface area contributed by atoms with Gasteiger partial charge in [0.15, 0.2) is 5.82 Å². The standard InChI is InChI=1S/C18H12F3N5/c1-11-8-22-10-14(24-11)12-5-6-13-9-23-26(15(13)7-12)17-4-2-3-16(25-17)18(19,20)21/h2-10H,1H3. The molecule has 0 unspecified atom stereocenters. The van der Waals surface area contributed by atoms with Gasteiger partial charge in [-0.25, -0.2) is 14.6 Å².